The van der Waals surface area contributed by atoms with Gasteiger partial charge in [0.2, 0.25) is 0 Å². The van der Waals surface area contributed by atoms with Gasteiger partial charge >= 0.3 is 0 Å². The minimum Gasteiger partial charge on any atom is -0.356 e. The lowest BCUT2D eigenvalue weighted by atomic mass is 9.93. The van der Waals surface area contributed by atoms with Crippen LogP contribution in [0.15, 0.2) is 6.07 Å². The molecule has 0 spiro atoms. The fourth-order valence-electron chi connectivity index (χ4n) is 2.68. The summed E-state index contributed by atoms with van der Waals surface area (Å²) in [5.74, 6) is 3.24. The van der Waals surface area contributed by atoms with Gasteiger partial charge in [0.15, 0.2) is 0 Å². The third-order valence-corrected chi connectivity index (χ3v) is 3.89. The molecule has 4 heteroatoms. The summed E-state index contributed by atoms with van der Waals surface area (Å²) in [6.45, 7) is 9.35. The Hall–Kier alpha value is -1.16. The second-order valence-electron chi connectivity index (χ2n) is 5.89. The summed E-state index contributed by atoms with van der Waals surface area (Å²) in [6.07, 6.45) is 3.63. The van der Waals surface area contributed by atoms with E-state index in [-0.39, 0.29) is 0 Å². The first-order valence-electron chi connectivity index (χ1n) is 7.40. The highest BCUT2D eigenvalue weighted by molar-refractivity contribution is 5.40. The third kappa shape index (κ3) is 3.66. The van der Waals surface area contributed by atoms with Crippen LogP contribution in [0.1, 0.15) is 50.5 Å². The Morgan fingerprint density at radius 1 is 1.32 bits per heavy atom. The van der Waals surface area contributed by atoms with Crippen LogP contribution in [0.25, 0.3) is 0 Å². The average Bonchev–Trinajstić information content (AvgIpc) is 2.39. The maximum absolute atomic E-state index is 5.64. The summed E-state index contributed by atoms with van der Waals surface area (Å²) < 4.78 is 0. The van der Waals surface area contributed by atoms with E-state index in [4.69, 9.17) is 10.7 Å². The summed E-state index contributed by atoms with van der Waals surface area (Å²) in [4.78, 5) is 11.6. The molecule has 1 saturated heterocycles. The van der Waals surface area contributed by atoms with E-state index in [1.165, 1.54) is 12.8 Å². The van der Waals surface area contributed by atoms with E-state index in [1.54, 1.807) is 0 Å². The molecule has 2 rings (SSSR count). The maximum Gasteiger partial charge on any atom is 0.133 e. The zero-order valence-electron chi connectivity index (χ0n) is 12.4. The number of hydrogen-bond donors (Lipinski definition) is 1. The van der Waals surface area contributed by atoms with Crippen molar-refractivity contribution in [3.8, 4) is 0 Å². The molecule has 19 heavy (non-hydrogen) atoms. The molecule has 0 radical (unpaired) electrons. The van der Waals surface area contributed by atoms with Crippen LogP contribution in [0.4, 0.5) is 5.82 Å². The molecule has 0 atom stereocenters. The number of piperidine rings is 1. The van der Waals surface area contributed by atoms with E-state index in [9.17, 15) is 0 Å². The van der Waals surface area contributed by atoms with Gasteiger partial charge in [0.1, 0.15) is 11.6 Å². The fraction of sp³-hybridized carbons (Fsp3) is 0.733. The zero-order valence-corrected chi connectivity index (χ0v) is 12.4. The zero-order chi connectivity index (χ0) is 13.8. The molecular weight excluding hydrogens is 236 g/mol. The summed E-state index contributed by atoms with van der Waals surface area (Å²) in [6, 6.07) is 2.11. The topological polar surface area (TPSA) is 55.0 Å². The van der Waals surface area contributed by atoms with E-state index < -0.39 is 0 Å². The van der Waals surface area contributed by atoms with Gasteiger partial charge in [-0.15, -0.1) is 0 Å². The van der Waals surface area contributed by atoms with Crippen LogP contribution >= 0.6 is 0 Å². The van der Waals surface area contributed by atoms with Gasteiger partial charge < -0.3 is 10.6 Å². The third-order valence-electron chi connectivity index (χ3n) is 3.89. The average molecular weight is 262 g/mol. The Kier molecular flexibility index (Phi) is 4.75. The normalized spacial score (nSPS) is 17.2. The van der Waals surface area contributed by atoms with Crippen LogP contribution < -0.4 is 10.6 Å². The second kappa shape index (κ2) is 6.33. The molecule has 4 nitrogen and oxygen atoms in total. The van der Waals surface area contributed by atoms with Gasteiger partial charge in [-0.2, -0.15) is 0 Å². The second-order valence-corrected chi connectivity index (χ2v) is 5.89. The largest absolute Gasteiger partial charge is 0.356 e. The van der Waals surface area contributed by atoms with Gasteiger partial charge in [-0.25, -0.2) is 9.97 Å². The molecule has 1 fully saturated rings. The van der Waals surface area contributed by atoms with E-state index >= 15 is 0 Å². The lowest BCUT2D eigenvalue weighted by molar-refractivity contribution is 0.385. The van der Waals surface area contributed by atoms with Gasteiger partial charge in [-0.1, -0.05) is 13.8 Å². The van der Waals surface area contributed by atoms with Crippen molar-refractivity contribution in [1.82, 2.24) is 9.97 Å². The molecule has 0 saturated carbocycles. The summed E-state index contributed by atoms with van der Waals surface area (Å²) in [7, 11) is 0. The van der Waals surface area contributed by atoms with E-state index in [0.29, 0.717) is 5.92 Å². The lowest BCUT2D eigenvalue weighted by Gasteiger charge is -2.33. The molecule has 0 aromatic carbocycles. The van der Waals surface area contributed by atoms with Crippen molar-refractivity contribution in [2.75, 3.05) is 24.5 Å². The summed E-state index contributed by atoms with van der Waals surface area (Å²) >= 11 is 0. The van der Waals surface area contributed by atoms with E-state index in [2.05, 4.69) is 36.7 Å². The number of aromatic nitrogens is 2. The van der Waals surface area contributed by atoms with Crippen molar-refractivity contribution in [1.29, 1.82) is 0 Å². The van der Waals surface area contributed by atoms with Gasteiger partial charge in [0.05, 0.1) is 0 Å². The van der Waals surface area contributed by atoms with Crippen LogP contribution in [0, 0.1) is 12.8 Å². The number of hydrogen-bond acceptors (Lipinski definition) is 4. The summed E-state index contributed by atoms with van der Waals surface area (Å²) in [5.41, 5.74) is 6.71. The standard InChI is InChI=1S/C15H26N4/c1-11(2)15-17-12(3)10-14(18-15)19-8-5-13(4-7-16)6-9-19/h10-11,13H,4-9,16H2,1-3H3. The lowest BCUT2D eigenvalue weighted by Crippen LogP contribution is -2.35. The molecule has 0 unspecified atom stereocenters. The highest BCUT2D eigenvalue weighted by Gasteiger charge is 2.20. The number of rotatable bonds is 4. The molecule has 106 valence electrons. The van der Waals surface area contributed by atoms with Crippen molar-refractivity contribution in [2.24, 2.45) is 11.7 Å². The number of aryl methyl sites for hydroxylation is 1. The van der Waals surface area contributed by atoms with Crippen LogP contribution in [-0.4, -0.2) is 29.6 Å². The molecule has 1 aliphatic rings. The molecular formula is C15H26N4. The first-order chi connectivity index (χ1) is 9.10. The van der Waals surface area contributed by atoms with Crippen LogP contribution in [0.2, 0.25) is 0 Å². The number of nitrogens with zero attached hydrogens (tertiary/aromatic N) is 3. The molecule has 2 heterocycles. The fourth-order valence-corrected chi connectivity index (χ4v) is 2.68. The van der Waals surface area contributed by atoms with Gasteiger partial charge in [0.25, 0.3) is 0 Å². The minimum absolute atomic E-state index is 0.383. The Morgan fingerprint density at radius 3 is 2.58 bits per heavy atom. The first-order valence-corrected chi connectivity index (χ1v) is 7.40. The van der Waals surface area contributed by atoms with Gasteiger partial charge in [0, 0.05) is 30.8 Å². The van der Waals surface area contributed by atoms with Gasteiger partial charge in [-0.3, -0.25) is 0 Å². The molecule has 1 aliphatic heterocycles. The van der Waals surface area contributed by atoms with E-state index in [1.807, 2.05) is 0 Å². The summed E-state index contributed by atoms with van der Waals surface area (Å²) in [5, 5.41) is 0. The van der Waals surface area contributed by atoms with Gasteiger partial charge in [-0.05, 0) is 38.6 Å². The predicted octanol–water partition coefficient (Wildman–Crippen LogP) is 2.47. The smallest absolute Gasteiger partial charge is 0.133 e. The Bertz CT molecular complexity index is 409. The molecule has 0 bridgehead atoms. The molecule has 0 amide bonds. The SMILES string of the molecule is Cc1cc(N2CCC(CCN)CC2)nc(C(C)C)n1. The maximum atomic E-state index is 5.64. The van der Waals surface area contributed by atoms with Crippen molar-refractivity contribution < 1.29 is 0 Å². The van der Waals surface area contributed by atoms with Crippen LogP contribution in [0.3, 0.4) is 0 Å². The van der Waals surface area contributed by atoms with Crippen molar-refractivity contribution in [3.63, 3.8) is 0 Å². The Labute approximate surface area is 116 Å². The first kappa shape index (κ1) is 14.3. The monoisotopic (exact) mass is 262 g/mol. The quantitative estimate of drug-likeness (QED) is 0.905. The van der Waals surface area contributed by atoms with Crippen LogP contribution in [0.5, 0.6) is 0 Å². The molecule has 2 N–H and O–H groups in total. The van der Waals surface area contributed by atoms with Crippen molar-refractivity contribution in [2.45, 2.75) is 46.0 Å². The Morgan fingerprint density at radius 2 is 2.00 bits per heavy atom. The highest BCUT2D eigenvalue weighted by atomic mass is 15.2. The molecule has 1 aromatic heterocycles. The van der Waals surface area contributed by atoms with Crippen molar-refractivity contribution in [3.05, 3.63) is 17.6 Å². The van der Waals surface area contributed by atoms with E-state index in [0.717, 1.165) is 49.3 Å². The highest BCUT2D eigenvalue weighted by Crippen LogP contribution is 2.25. The van der Waals surface area contributed by atoms with Crippen molar-refractivity contribution >= 4 is 5.82 Å². The number of anilines is 1. The molecule has 1 aromatic rings. The number of nitrogens with two attached hydrogens (primary N) is 1. The minimum atomic E-state index is 0.383. The Balaban J connectivity index is 2.06. The van der Waals surface area contributed by atoms with Crippen LogP contribution in [-0.2, 0) is 0 Å². The molecule has 0 aliphatic carbocycles. The predicted molar refractivity (Wildman–Crippen MR) is 79.5 cm³/mol.